The molecule has 1 N–H and O–H groups in total. The van der Waals surface area contributed by atoms with E-state index in [1.807, 2.05) is 12.2 Å². The molecule has 3 nitrogen and oxygen atoms in total. The number of alkyl halides is 3. The number of rotatable bonds is 6. The minimum absolute atomic E-state index is 0.140. The Hall–Kier alpha value is -2.28. The van der Waals surface area contributed by atoms with Crippen molar-refractivity contribution in [2.45, 2.75) is 56.9 Å². The van der Waals surface area contributed by atoms with E-state index in [2.05, 4.69) is 0 Å². The highest BCUT2D eigenvalue weighted by atomic mass is 19.4. The Morgan fingerprint density at radius 3 is 2.40 bits per heavy atom. The molecule has 164 valence electrons. The average molecular weight is 426 g/mol. The Bertz CT molecular complexity index is 898. The lowest BCUT2D eigenvalue weighted by Gasteiger charge is -2.38. The Labute approximate surface area is 173 Å². The first-order valence-corrected chi connectivity index (χ1v) is 9.72. The molecule has 7 heteroatoms. The zero-order valence-corrected chi connectivity index (χ0v) is 17.4. The summed E-state index contributed by atoms with van der Waals surface area (Å²) in [7, 11) is 1.37. The first kappa shape index (κ1) is 22.4. The summed E-state index contributed by atoms with van der Waals surface area (Å²) in [6.07, 6.45) is 0.595. The molecule has 0 fully saturated rings. The summed E-state index contributed by atoms with van der Waals surface area (Å²) >= 11 is 0. The van der Waals surface area contributed by atoms with Crippen molar-refractivity contribution in [1.82, 2.24) is 0 Å². The molecule has 0 radical (unpaired) electrons. The van der Waals surface area contributed by atoms with Gasteiger partial charge in [0.1, 0.15) is 17.7 Å². The molecule has 0 amide bonds. The van der Waals surface area contributed by atoms with Crippen LogP contribution in [0.2, 0.25) is 0 Å². The second kappa shape index (κ2) is 7.76. The highest BCUT2D eigenvalue weighted by Gasteiger charge is 2.57. The van der Waals surface area contributed by atoms with Crippen LogP contribution in [0.3, 0.4) is 0 Å². The fraction of sp³-hybridized carbons (Fsp3) is 0.478. The topological polar surface area (TPSA) is 38.7 Å². The van der Waals surface area contributed by atoms with E-state index in [0.717, 1.165) is 6.07 Å². The number of hydrogen-bond donors (Lipinski definition) is 1. The third kappa shape index (κ3) is 4.13. The van der Waals surface area contributed by atoms with Gasteiger partial charge in [0.2, 0.25) is 0 Å². The minimum atomic E-state index is -4.92. The van der Waals surface area contributed by atoms with E-state index in [1.54, 1.807) is 19.1 Å². The summed E-state index contributed by atoms with van der Waals surface area (Å²) in [6.45, 7) is 4.78. The molecule has 3 atom stereocenters. The molecule has 0 saturated carbocycles. The molecule has 1 aromatic carbocycles. The second-order valence-corrected chi connectivity index (χ2v) is 8.60. The van der Waals surface area contributed by atoms with Gasteiger partial charge in [-0.05, 0) is 48.6 Å². The number of hydrogen-bond acceptors (Lipinski definition) is 3. The standard InChI is InChI=1S/C23H26F4O3/c1-14-16-7-5-6-8-18(16)30-20(14)12-22(28,23(25,26)27)13-21(2,3)17-11-15(24)9-10-19(17)29-4/h5-11,16,18,28H,12-13H2,1-4H3. The second-order valence-electron chi connectivity index (χ2n) is 8.60. The quantitative estimate of drug-likeness (QED) is 0.602. The van der Waals surface area contributed by atoms with Crippen molar-refractivity contribution in [1.29, 1.82) is 0 Å². The molecule has 0 bridgehead atoms. The number of halogens is 4. The van der Waals surface area contributed by atoms with Crippen LogP contribution in [-0.2, 0) is 10.2 Å². The zero-order valence-electron chi connectivity index (χ0n) is 17.4. The number of aliphatic hydroxyl groups is 1. The maximum absolute atomic E-state index is 14.1. The van der Waals surface area contributed by atoms with E-state index in [0.29, 0.717) is 5.57 Å². The lowest BCUT2D eigenvalue weighted by molar-refractivity contribution is -0.268. The Morgan fingerprint density at radius 1 is 1.13 bits per heavy atom. The molecule has 1 aliphatic carbocycles. The Kier molecular flexibility index (Phi) is 5.80. The SMILES string of the molecule is COc1ccc(F)cc1C(C)(C)CC(O)(CC1=C(C)C2C=CC=CC2O1)C(F)(F)F. The van der Waals surface area contributed by atoms with Crippen molar-refractivity contribution in [3.63, 3.8) is 0 Å². The maximum Gasteiger partial charge on any atom is 0.417 e. The lowest BCUT2D eigenvalue weighted by Crippen LogP contribution is -2.49. The monoisotopic (exact) mass is 426 g/mol. The van der Waals surface area contributed by atoms with Crippen LogP contribution in [0.5, 0.6) is 5.75 Å². The van der Waals surface area contributed by atoms with Gasteiger partial charge in [-0.2, -0.15) is 13.2 Å². The zero-order chi connectivity index (χ0) is 22.3. The summed E-state index contributed by atoms with van der Waals surface area (Å²) in [5, 5.41) is 10.9. The fourth-order valence-corrected chi connectivity index (χ4v) is 4.28. The van der Waals surface area contributed by atoms with Crippen LogP contribution in [0.4, 0.5) is 17.6 Å². The van der Waals surface area contributed by atoms with Crippen molar-refractivity contribution in [3.05, 3.63) is 65.2 Å². The molecule has 3 unspecified atom stereocenters. The summed E-state index contributed by atoms with van der Waals surface area (Å²) in [5.74, 6) is -0.323. The molecular weight excluding hydrogens is 400 g/mol. The van der Waals surface area contributed by atoms with Crippen LogP contribution in [0, 0.1) is 11.7 Å². The first-order chi connectivity index (χ1) is 13.9. The smallest absolute Gasteiger partial charge is 0.417 e. The molecular formula is C23H26F4O3. The van der Waals surface area contributed by atoms with Gasteiger partial charge in [-0.1, -0.05) is 32.1 Å². The number of benzene rings is 1. The summed E-state index contributed by atoms with van der Waals surface area (Å²) in [5.41, 5.74) is -3.38. The van der Waals surface area contributed by atoms with Crippen molar-refractivity contribution in [2.24, 2.45) is 5.92 Å². The third-order valence-electron chi connectivity index (χ3n) is 5.91. The van der Waals surface area contributed by atoms with Gasteiger partial charge in [-0.15, -0.1) is 0 Å². The molecule has 0 saturated heterocycles. The summed E-state index contributed by atoms with van der Waals surface area (Å²) in [6, 6.07) is 3.70. The van der Waals surface area contributed by atoms with Gasteiger partial charge in [-0.25, -0.2) is 4.39 Å². The Balaban J connectivity index is 1.95. The van der Waals surface area contributed by atoms with Gasteiger partial charge in [0.15, 0.2) is 5.60 Å². The van der Waals surface area contributed by atoms with E-state index in [9.17, 15) is 22.7 Å². The van der Waals surface area contributed by atoms with Crippen LogP contribution in [0.25, 0.3) is 0 Å². The van der Waals surface area contributed by atoms with Crippen LogP contribution < -0.4 is 4.74 Å². The van der Waals surface area contributed by atoms with E-state index in [-0.39, 0.29) is 29.1 Å². The average Bonchev–Trinajstić information content (AvgIpc) is 2.96. The number of ether oxygens (including phenoxy) is 2. The van der Waals surface area contributed by atoms with E-state index >= 15 is 0 Å². The number of allylic oxidation sites excluding steroid dienone is 2. The van der Waals surface area contributed by atoms with Gasteiger partial charge < -0.3 is 14.6 Å². The van der Waals surface area contributed by atoms with E-state index in [4.69, 9.17) is 9.47 Å². The molecule has 1 aliphatic heterocycles. The highest BCUT2D eigenvalue weighted by molar-refractivity contribution is 5.40. The van der Waals surface area contributed by atoms with Crippen molar-refractivity contribution >= 4 is 0 Å². The van der Waals surface area contributed by atoms with Gasteiger partial charge in [0.05, 0.1) is 12.9 Å². The van der Waals surface area contributed by atoms with Crippen LogP contribution in [0.1, 0.15) is 39.2 Å². The first-order valence-electron chi connectivity index (χ1n) is 9.72. The van der Waals surface area contributed by atoms with Crippen LogP contribution in [0.15, 0.2) is 53.8 Å². The third-order valence-corrected chi connectivity index (χ3v) is 5.91. The van der Waals surface area contributed by atoms with Crippen molar-refractivity contribution in [3.8, 4) is 5.75 Å². The summed E-state index contributed by atoms with van der Waals surface area (Å²) < 4.78 is 67.1. The molecule has 1 heterocycles. The largest absolute Gasteiger partial charge is 0.496 e. The van der Waals surface area contributed by atoms with E-state index < -0.39 is 35.9 Å². The van der Waals surface area contributed by atoms with Gasteiger partial charge >= 0.3 is 6.18 Å². The van der Waals surface area contributed by atoms with Crippen LogP contribution >= 0.6 is 0 Å². The van der Waals surface area contributed by atoms with Gasteiger partial charge in [-0.3, -0.25) is 0 Å². The molecule has 0 aromatic heterocycles. The maximum atomic E-state index is 14.1. The number of methoxy groups -OCH3 is 1. The molecule has 3 rings (SSSR count). The van der Waals surface area contributed by atoms with Crippen molar-refractivity contribution < 1.29 is 32.1 Å². The fourth-order valence-electron chi connectivity index (χ4n) is 4.28. The van der Waals surface area contributed by atoms with Crippen LogP contribution in [-0.4, -0.2) is 30.1 Å². The van der Waals surface area contributed by atoms with E-state index in [1.165, 1.54) is 33.1 Å². The van der Waals surface area contributed by atoms with Crippen molar-refractivity contribution in [2.75, 3.05) is 7.11 Å². The molecule has 1 aromatic rings. The molecule has 2 aliphatic rings. The predicted octanol–water partition coefficient (Wildman–Crippen LogP) is 5.60. The predicted molar refractivity (Wildman–Crippen MR) is 106 cm³/mol. The minimum Gasteiger partial charge on any atom is -0.496 e. The summed E-state index contributed by atoms with van der Waals surface area (Å²) in [4.78, 5) is 0. The lowest BCUT2D eigenvalue weighted by atomic mass is 9.73. The molecule has 0 spiro atoms. The normalized spacial score (nSPS) is 23.2. The van der Waals surface area contributed by atoms with Gasteiger partial charge in [0, 0.05) is 17.9 Å². The molecule has 30 heavy (non-hydrogen) atoms. The van der Waals surface area contributed by atoms with Gasteiger partial charge in [0.25, 0.3) is 0 Å². The number of fused-ring (bicyclic) bond motifs is 1. The Morgan fingerprint density at radius 2 is 1.80 bits per heavy atom. The highest BCUT2D eigenvalue weighted by Crippen LogP contribution is 2.48.